The van der Waals surface area contributed by atoms with Crippen molar-refractivity contribution in [3.05, 3.63) is 59.2 Å². The molecule has 0 fully saturated rings. The van der Waals surface area contributed by atoms with Gasteiger partial charge in [0, 0.05) is 0 Å². The molecule has 0 aliphatic heterocycles. The van der Waals surface area contributed by atoms with Crippen molar-refractivity contribution in [2.24, 2.45) is 0 Å². The van der Waals surface area contributed by atoms with Crippen LogP contribution in [-0.4, -0.2) is 36.0 Å². The number of carbonyl (C=O) groups is 2. The second kappa shape index (κ2) is 15.5. The Kier molecular flexibility index (Phi) is 12.3. The van der Waals surface area contributed by atoms with Crippen LogP contribution in [-0.2, 0) is 16.0 Å². The van der Waals surface area contributed by atoms with Crippen LogP contribution in [0.2, 0.25) is 0 Å². The Hall–Kier alpha value is -3.54. The number of hydrogen-bond acceptors (Lipinski definition) is 6. The van der Waals surface area contributed by atoms with Crippen LogP contribution < -0.4 is 9.47 Å². The monoisotopic (exact) mass is 494 g/mol. The van der Waals surface area contributed by atoms with Gasteiger partial charge in [-0.2, -0.15) is 0 Å². The Morgan fingerprint density at radius 1 is 0.778 bits per heavy atom. The Morgan fingerprint density at radius 2 is 1.36 bits per heavy atom. The molecule has 6 nitrogen and oxygen atoms in total. The zero-order chi connectivity index (χ0) is 26.3. The van der Waals surface area contributed by atoms with E-state index >= 15 is 0 Å². The molecule has 2 aromatic carbocycles. The first kappa shape index (κ1) is 28.7. The van der Waals surface area contributed by atoms with Crippen LogP contribution in [0.4, 0.5) is 0 Å². The van der Waals surface area contributed by atoms with Crippen molar-refractivity contribution in [2.75, 3.05) is 14.2 Å². The van der Waals surface area contributed by atoms with Gasteiger partial charge in [-0.15, -0.1) is 0 Å². The number of aromatic hydroxyl groups is 2. The summed E-state index contributed by atoms with van der Waals surface area (Å²) >= 11 is 0. The number of hydrogen-bond donors (Lipinski definition) is 2. The fourth-order valence-electron chi connectivity index (χ4n) is 3.87. The van der Waals surface area contributed by atoms with E-state index < -0.39 is 0 Å². The van der Waals surface area contributed by atoms with Gasteiger partial charge in [-0.05, 0) is 65.9 Å². The Balaban J connectivity index is 1.95. The molecular weight excluding hydrogens is 456 g/mol. The van der Waals surface area contributed by atoms with Crippen molar-refractivity contribution in [3.8, 4) is 23.0 Å². The molecule has 0 spiro atoms. The molecule has 6 heteroatoms. The molecule has 194 valence electrons. The SMILES string of the molecule is CCCCCCCCCc1cc(/C=C/C(=O)CC(=O)/C=C/c2ccc(O)c(OC)c2)cc(OC)c1O. The predicted molar refractivity (Wildman–Crippen MR) is 144 cm³/mol. The molecule has 2 N–H and O–H groups in total. The first-order chi connectivity index (χ1) is 17.4. The summed E-state index contributed by atoms with van der Waals surface area (Å²) in [6.07, 6.45) is 14.7. The number of allylic oxidation sites excluding steroid dienone is 2. The van der Waals surface area contributed by atoms with E-state index in [1.165, 1.54) is 64.5 Å². The normalized spacial score (nSPS) is 11.3. The summed E-state index contributed by atoms with van der Waals surface area (Å²) in [5, 5.41) is 20.1. The third-order valence-electron chi connectivity index (χ3n) is 5.92. The maximum Gasteiger partial charge on any atom is 0.163 e. The zero-order valence-corrected chi connectivity index (χ0v) is 21.6. The number of carbonyl (C=O) groups excluding carboxylic acids is 2. The smallest absolute Gasteiger partial charge is 0.163 e. The highest BCUT2D eigenvalue weighted by molar-refractivity contribution is 6.10. The molecule has 0 saturated carbocycles. The van der Waals surface area contributed by atoms with Crippen molar-refractivity contribution in [2.45, 2.75) is 64.7 Å². The maximum absolute atomic E-state index is 12.3. The third kappa shape index (κ3) is 9.61. The van der Waals surface area contributed by atoms with E-state index in [0.29, 0.717) is 17.1 Å². The molecule has 0 aromatic heterocycles. The van der Waals surface area contributed by atoms with Gasteiger partial charge >= 0.3 is 0 Å². The first-order valence-electron chi connectivity index (χ1n) is 12.6. The lowest BCUT2D eigenvalue weighted by Gasteiger charge is -2.11. The van der Waals surface area contributed by atoms with Gasteiger partial charge in [0.25, 0.3) is 0 Å². The molecule has 0 heterocycles. The maximum atomic E-state index is 12.3. The van der Waals surface area contributed by atoms with Gasteiger partial charge in [0.15, 0.2) is 34.6 Å². The predicted octanol–water partition coefficient (Wildman–Crippen LogP) is 6.66. The van der Waals surface area contributed by atoms with E-state index in [-0.39, 0.29) is 29.5 Å². The molecule has 0 radical (unpaired) electrons. The third-order valence-corrected chi connectivity index (χ3v) is 5.92. The Morgan fingerprint density at radius 3 is 2.00 bits per heavy atom. The lowest BCUT2D eigenvalue weighted by Crippen LogP contribution is -2.02. The van der Waals surface area contributed by atoms with Gasteiger partial charge in [-0.3, -0.25) is 9.59 Å². The van der Waals surface area contributed by atoms with E-state index in [9.17, 15) is 19.8 Å². The van der Waals surface area contributed by atoms with Gasteiger partial charge in [0.05, 0.1) is 20.6 Å². The highest BCUT2D eigenvalue weighted by Gasteiger charge is 2.11. The number of benzene rings is 2. The number of aryl methyl sites for hydroxylation is 1. The largest absolute Gasteiger partial charge is 0.504 e. The summed E-state index contributed by atoms with van der Waals surface area (Å²) in [6, 6.07) is 8.26. The van der Waals surface area contributed by atoms with Crippen LogP contribution in [0.1, 0.15) is 75.0 Å². The zero-order valence-electron chi connectivity index (χ0n) is 21.6. The van der Waals surface area contributed by atoms with E-state index in [0.717, 1.165) is 30.4 Å². The van der Waals surface area contributed by atoms with Crippen LogP contribution in [0.3, 0.4) is 0 Å². The molecule has 0 bridgehead atoms. The van der Waals surface area contributed by atoms with Crippen LogP contribution in [0.25, 0.3) is 12.2 Å². The molecule has 0 amide bonds. The first-order valence-corrected chi connectivity index (χ1v) is 12.6. The molecular formula is C30H38O6. The number of ketones is 2. The molecule has 0 atom stereocenters. The molecule has 2 rings (SSSR count). The summed E-state index contributed by atoms with van der Waals surface area (Å²) in [6.45, 7) is 2.21. The molecule has 0 aliphatic carbocycles. The lowest BCUT2D eigenvalue weighted by atomic mass is 10.0. The average molecular weight is 495 g/mol. The minimum atomic E-state index is -0.334. The van der Waals surface area contributed by atoms with E-state index in [2.05, 4.69) is 6.92 Å². The Labute approximate surface area is 214 Å². The lowest BCUT2D eigenvalue weighted by molar-refractivity contribution is -0.121. The Bertz CT molecular complexity index is 1070. The van der Waals surface area contributed by atoms with Crippen LogP contribution in [0.5, 0.6) is 23.0 Å². The number of phenols is 2. The fraction of sp³-hybridized carbons (Fsp3) is 0.400. The van der Waals surface area contributed by atoms with Gasteiger partial charge in [-0.1, -0.05) is 63.7 Å². The number of ether oxygens (including phenoxy) is 2. The summed E-state index contributed by atoms with van der Waals surface area (Å²) in [5.74, 6) is 0.161. The number of unbranched alkanes of at least 4 members (excludes halogenated alkanes) is 6. The summed E-state index contributed by atoms with van der Waals surface area (Å²) in [4.78, 5) is 24.5. The molecule has 0 unspecified atom stereocenters. The van der Waals surface area contributed by atoms with Gasteiger partial charge in [-0.25, -0.2) is 0 Å². The van der Waals surface area contributed by atoms with Crippen LogP contribution >= 0.6 is 0 Å². The minimum Gasteiger partial charge on any atom is -0.504 e. The summed E-state index contributed by atoms with van der Waals surface area (Å²) in [5.41, 5.74) is 2.19. The summed E-state index contributed by atoms with van der Waals surface area (Å²) in [7, 11) is 2.95. The molecule has 0 saturated heterocycles. The van der Waals surface area contributed by atoms with Crippen LogP contribution in [0, 0.1) is 0 Å². The van der Waals surface area contributed by atoms with E-state index in [1.54, 1.807) is 30.4 Å². The van der Waals surface area contributed by atoms with Crippen molar-refractivity contribution in [1.29, 1.82) is 0 Å². The van der Waals surface area contributed by atoms with E-state index in [1.807, 2.05) is 6.07 Å². The van der Waals surface area contributed by atoms with Gasteiger partial charge < -0.3 is 19.7 Å². The van der Waals surface area contributed by atoms with Crippen molar-refractivity contribution < 1.29 is 29.3 Å². The number of methoxy groups -OCH3 is 2. The minimum absolute atomic E-state index is 0.0118. The van der Waals surface area contributed by atoms with Crippen molar-refractivity contribution in [1.82, 2.24) is 0 Å². The second-order valence-electron chi connectivity index (χ2n) is 8.81. The van der Waals surface area contributed by atoms with E-state index in [4.69, 9.17) is 9.47 Å². The molecule has 36 heavy (non-hydrogen) atoms. The summed E-state index contributed by atoms with van der Waals surface area (Å²) < 4.78 is 10.4. The highest BCUT2D eigenvalue weighted by Crippen LogP contribution is 2.33. The standard InChI is InChI=1S/C30H38O6/c1-4-5-6-7-8-9-10-11-24-18-23(20-29(36-3)30(24)34)13-16-26(32)21-25(31)15-12-22-14-17-27(33)28(19-22)35-2/h12-20,33-34H,4-11,21H2,1-3H3/b15-12+,16-13+. The highest BCUT2D eigenvalue weighted by atomic mass is 16.5. The van der Waals surface area contributed by atoms with Gasteiger partial charge in [0.1, 0.15) is 0 Å². The van der Waals surface area contributed by atoms with Crippen LogP contribution in [0.15, 0.2) is 42.5 Å². The number of rotatable bonds is 16. The quantitative estimate of drug-likeness (QED) is 0.154. The van der Waals surface area contributed by atoms with Gasteiger partial charge in [0.2, 0.25) is 0 Å². The molecule has 0 aliphatic rings. The second-order valence-corrected chi connectivity index (χ2v) is 8.81. The fourth-order valence-corrected chi connectivity index (χ4v) is 3.87. The average Bonchev–Trinajstić information content (AvgIpc) is 2.87. The van der Waals surface area contributed by atoms with Crippen molar-refractivity contribution in [3.63, 3.8) is 0 Å². The molecule has 2 aromatic rings. The number of phenolic OH excluding ortho intramolecular Hbond substituents is 2. The topological polar surface area (TPSA) is 93.1 Å². The van der Waals surface area contributed by atoms with Crippen molar-refractivity contribution >= 4 is 23.7 Å².